The molecule has 0 aromatic heterocycles. The van der Waals surface area contributed by atoms with E-state index in [1.807, 2.05) is 0 Å². The van der Waals surface area contributed by atoms with Crippen LogP contribution in [0, 0.1) is 17.3 Å². The van der Waals surface area contributed by atoms with Gasteiger partial charge in [-0.25, -0.2) is 0 Å². The number of hydrogen-bond donors (Lipinski definition) is 0. The van der Waals surface area contributed by atoms with Crippen LogP contribution in [0.5, 0.6) is 0 Å². The largest absolute Gasteiger partial charge is 0.300 e. The van der Waals surface area contributed by atoms with Crippen molar-refractivity contribution in [3.8, 4) is 0 Å². The van der Waals surface area contributed by atoms with E-state index < -0.39 is 0 Å². The van der Waals surface area contributed by atoms with Gasteiger partial charge in [-0.2, -0.15) is 0 Å². The van der Waals surface area contributed by atoms with E-state index in [1.54, 1.807) is 0 Å². The van der Waals surface area contributed by atoms with Crippen molar-refractivity contribution in [3.63, 3.8) is 0 Å². The maximum atomic E-state index is 11.1. The normalized spacial score (nSPS) is 41.1. The summed E-state index contributed by atoms with van der Waals surface area (Å²) in [5, 5.41) is 0. The van der Waals surface area contributed by atoms with Crippen LogP contribution in [-0.2, 0) is 4.79 Å². The van der Waals surface area contributed by atoms with Gasteiger partial charge in [-0.1, -0.05) is 13.8 Å². The molecule has 0 heterocycles. The standard InChI is InChI=1S/C10H16O/c1-10(2)8-5-3-7(11)4-6-9(8)10/h8-9H,3-6H2,1-2H3. The minimum atomic E-state index is 0.494. The Morgan fingerprint density at radius 3 is 2.09 bits per heavy atom. The molecule has 2 aliphatic carbocycles. The zero-order valence-corrected chi connectivity index (χ0v) is 7.39. The van der Waals surface area contributed by atoms with Gasteiger partial charge in [0.05, 0.1) is 0 Å². The Hall–Kier alpha value is -0.330. The van der Waals surface area contributed by atoms with Crippen LogP contribution in [0.3, 0.4) is 0 Å². The second kappa shape index (κ2) is 2.09. The Kier molecular flexibility index (Phi) is 1.39. The summed E-state index contributed by atoms with van der Waals surface area (Å²) in [6, 6.07) is 0. The summed E-state index contributed by atoms with van der Waals surface area (Å²) in [6.07, 6.45) is 4.03. The van der Waals surface area contributed by atoms with Crippen LogP contribution in [0.2, 0.25) is 0 Å². The second-order valence-corrected chi connectivity index (χ2v) is 4.65. The molecular formula is C10H16O. The first-order chi connectivity index (χ1) is 5.12. The number of carbonyl (C=O) groups is 1. The zero-order chi connectivity index (χ0) is 8.06. The monoisotopic (exact) mass is 152 g/mol. The van der Waals surface area contributed by atoms with E-state index in [4.69, 9.17) is 0 Å². The molecule has 0 aliphatic heterocycles. The Balaban J connectivity index is 2.03. The van der Waals surface area contributed by atoms with Gasteiger partial charge in [-0.15, -0.1) is 0 Å². The molecule has 0 bridgehead atoms. The molecule has 2 saturated carbocycles. The van der Waals surface area contributed by atoms with Crippen molar-refractivity contribution < 1.29 is 4.79 Å². The van der Waals surface area contributed by atoms with Gasteiger partial charge in [-0.3, -0.25) is 4.79 Å². The highest BCUT2D eigenvalue weighted by molar-refractivity contribution is 5.78. The molecule has 0 aromatic carbocycles. The molecule has 0 radical (unpaired) electrons. The van der Waals surface area contributed by atoms with E-state index in [0.717, 1.165) is 37.5 Å². The fourth-order valence-corrected chi connectivity index (χ4v) is 2.76. The minimum absolute atomic E-state index is 0.494. The summed E-state index contributed by atoms with van der Waals surface area (Å²) in [5.41, 5.74) is 0.570. The average Bonchev–Trinajstić information content (AvgIpc) is 2.51. The van der Waals surface area contributed by atoms with Crippen LogP contribution in [0.4, 0.5) is 0 Å². The summed E-state index contributed by atoms with van der Waals surface area (Å²) in [5.74, 6) is 2.23. The molecular weight excluding hydrogens is 136 g/mol. The maximum absolute atomic E-state index is 11.1. The number of hydrogen-bond acceptors (Lipinski definition) is 1. The first kappa shape index (κ1) is 7.33. The third kappa shape index (κ3) is 1.02. The van der Waals surface area contributed by atoms with Crippen LogP contribution >= 0.6 is 0 Å². The fraction of sp³-hybridized carbons (Fsp3) is 0.900. The third-order valence-electron chi connectivity index (χ3n) is 3.76. The first-order valence-corrected chi connectivity index (χ1v) is 4.64. The molecule has 0 N–H and O–H groups in total. The predicted molar refractivity (Wildman–Crippen MR) is 44.2 cm³/mol. The summed E-state index contributed by atoms with van der Waals surface area (Å²) in [4.78, 5) is 11.1. The van der Waals surface area contributed by atoms with Crippen LogP contribution in [0.1, 0.15) is 39.5 Å². The lowest BCUT2D eigenvalue weighted by Crippen LogP contribution is -2.01. The van der Waals surface area contributed by atoms with E-state index in [-0.39, 0.29) is 0 Å². The van der Waals surface area contributed by atoms with Crippen molar-refractivity contribution in [1.82, 2.24) is 0 Å². The van der Waals surface area contributed by atoms with Gasteiger partial charge in [-0.05, 0) is 30.1 Å². The third-order valence-corrected chi connectivity index (χ3v) is 3.76. The molecule has 11 heavy (non-hydrogen) atoms. The van der Waals surface area contributed by atoms with Crippen molar-refractivity contribution in [1.29, 1.82) is 0 Å². The predicted octanol–water partition coefficient (Wildman–Crippen LogP) is 2.40. The number of fused-ring (bicyclic) bond motifs is 1. The Labute approximate surface area is 68.2 Å². The minimum Gasteiger partial charge on any atom is -0.300 e. The van der Waals surface area contributed by atoms with Crippen molar-refractivity contribution in [2.24, 2.45) is 17.3 Å². The summed E-state index contributed by atoms with van der Waals surface area (Å²) in [6.45, 7) is 4.69. The molecule has 0 spiro atoms. The van der Waals surface area contributed by atoms with E-state index in [0.29, 0.717) is 11.2 Å². The first-order valence-electron chi connectivity index (χ1n) is 4.64. The number of carbonyl (C=O) groups excluding carboxylic acids is 1. The molecule has 1 nitrogen and oxygen atoms in total. The van der Waals surface area contributed by atoms with Gasteiger partial charge in [0.2, 0.25) is 0 Å². The van der Waals surface area contributed by atoms with Gasteiger partial charge in [0.25, 0.3) is 0 Å². The van der Waals surface area contributed by atoms with Crippen molar-refractivity contribution in [2.45, 2.75) is 39.5 Å². The zero-order valence-electron chi connectivity index (χ0n) is 7.39. The Morgan fingerprint density at radius 2 is 1.64 bits per heavy atom. The van der Waals surface area contributed by atoms with E-state index in [2.05, 4.69) is 13.8 Å². The van der Waals surface area contributed by atoms with E-state index >= 15 is 0 Å². The highest BCUT2D eigenvalue weighted by Crippen LogP contribution is 2.63. The fourth-order valence-electron chi connectivity index (χ4n) is 2.76. The summed E-state index contributed by atoms with van der Waals surface area (Å²) in [7, 11) is 0. The molecule has 2 fully saturated rings. The molecule has 0 saturated heterocycles. The molecule has 2 unspecified atom stereocenters. The molecule has 0 amide bonds. The second-order valence-electron chi connectivity index (χ2n) is 4.65. The molecule has 2 aliphatic rings. The smallest absolute Gasteiger partial charge is 0.132 e. The Bertz CT molecular complexity index is 175. The van der Waals surface area contributed by atoms with Gasteiger partial charge in [0.15, 0.2) is 0 Å². The quantitative estimate of drug-likeness (QED) is 0.521. The molecule has 2 rings (SSSR count). The highest BCUT2D eigenvalue weighted by Gasteiger charge is 2.57. The van der Waals surface area contributed by atoms with Gasteiger partial charge in [0.1, 0.15) is 5.78 Å². The Morgan fingerprint density at radius 1 is 1.18 bits per heavy atom. The lowest BCUT2D eigenvalue weighted by atomic mass is 10.0. The SMILES string of the molecule is CC1(C)C2CCC(=O)CCC21. The number of rotatable bonds is 0. The van der Waals surface area contributed by atoms with E-state index in [1.165, 1.54) is 0 Å². The highest BCUT2D eigenvalue weighted by atomic mass is 16.1. The van der Waals surface area contributed by atoms with Crippen LogP contribution in [-0.4, -0.2) is 5.78 Å². The van der Waals surface area contributed by atoms with Crippen molar-refractivity contribution in [2.75, 3.05) is 0 Å². The molecule has 1 heteroatoms. The lowest BCUT2D eigenvalue weighted by molar-refractivity contribution is -0.119. The van der Waals surface area contributed by atoms with Crippen molar-refractivity contribution in [3.05, 3.63) is 0 Å². The van der Waals surface area contributed by atoms with E-state index in [9.17, 15) is 4.79 Å². The van der Waals surface area contributed by atoms with Crippen molar-refractivity contribution >= 4 is 5.78 Å². The van der Waals surface area contributed by atoms with Crippen LogP contribution < -0.4 is 0 Å². The van der Waals surface area contributed by atoms with Gasteiger partial charge < -0.3 is 0 Å². The van der Waals surface area contributed by atoms with Crippen LogP contribution in [0.25, 0.3) is 0 Å². The lowest BCUT2D eigenvalue weighted by Gasteiger charge is -2.04. The van der Waals surface area contributed by atoms with Gasteiger partial charge >= 0.3 is 0 Å². The number of ketones is 1. The maximum Gasteiger partial charge on any atom is 0.132 e. The summed E-state index contributed by atoms with van der Waals surface area (Å²) >= 11 is 0. The average molecular weight is 152 g/mol. The molecule has 0 aromatic rings. The summed E-state index contributed by atoms with van der Waals surface area (Å²) < 4.78 is 0. The van der Waals surface area contributed by atoms with Crippen LogP contribution in [0.15, 0.2) is 0 Å². The molecule has 2 atom stereocenters. The topological polar surface area (TPSA) is 17.1 Å². The molecule has 62 valence electrons. The number of Topliss-reactive ketones (excluding diaryl/α,β-unsaturated/α-hetero) is 1. The van der Waals surface area contributed by atoms with Gasteiger partial charge in [0, 0.05) is 12.8 Å².